The molecular formula is C6H10O4S. The molecule has 4 nitrogen and oxygen atoms in total. The molecule has 2 aliphatic heterocycles. The summed E-state index contributed by atoms with van der Waals surface area (Å²) in [7, 11) is -3.24. The summed E-state index contributed by atoms with van der Waals surface area (Å²) < 4.78 is 32.8. The molecule has 0 amide bonds. The summed E-state index contributed by atoms with van der Waals surface area (Å²) in [5, 5.41) is 0. The van der Waals surface area contributed by atoms with Crippen molar-refractivity contribution in [3.05, 3.63) is 0 Å². The molecule has 64 valence electrons. The zero-order valence-corrected chi connectivity index (χ0v) is 7.27. The maximum absolute atomic E-state index is 11.5. The quantitative estimate of drug-likeness (QED) is 0.554. The second-order valence-electron chi connectivity index (χ2n) is 3.35. The topological polar surface area (TPSA) is 59.2 Å². The van der Waals surface area contributed by atoms with Crippen LogP contribution in [0.25, 0.3) is 0 Å². The number of sulfone groups is 1. The standard InChI is InChI=1S/C6H10O4S/c1-5(3-9-5)11(7,8)6(2)4-10-6/h3-4H2,1-2H3. The van der Waals surface area contributed by atoms with Gasteiger partial charge in [0.05, 0.1) is 13.2 Å². The van der Waals surface area contributed by atoms with E-state index in [-0.39, 0.29) is 0 Å². The molecule has 5 heteroatoms. The Morgan fingerprint density at radius 1 is 1.09 bits per heavy atom. The van der Waals surface area contributed by atoms with Crippen molar-refractivity contribution in [3.8, 4) is 0 Å². The summed E-state index contributed by atoms with van der Waals surface area (Å²) in [5.41, 5.74) is 0. The molecular weight excluding hydrogens is 168 g/mol. The first kappa shape index (κ1) is 7.52. The molecule has 2 unspecified atom stereocenters. The predicted octanol–water partition coefficient (Wildman–Crippen LogP) is -0.106. The molecule has 0 N–H and O–H groups in total. The van der Waals surface area contributed by atoms with Crippen molar-refractivity contribution >= 4 is 9.84 Å². The van der Waals surface area contributed by atoms with Crippen LogP contribution in [0.15, 0.2) is 0 Å². The molecule has 2 saturated heterocycles. The van der Waals surface area contributed by atoms with E-state index in [2.05, 4.69) is 0 Å². The van der Waals surface area contributed by atoms with E-state index in [1.165, 1.54) is 0 Å². The molecule has 0 aliphatic carbocycles. The van der Waals surface area contributed by atoms with Crippen molar-refractivity contribution < 1.29 is 17.9 Å². The van der Waals surface area contributed by atoms with Crippen molar-refractivity contribution in [3.63, 3.8) is 0 Å². The number of hydrogen-bond donors (Lipinski definition) is 0. The molecule has 0 radical (unpaired) electrons. The summed E-state index contributed by atoms with van der Waals surface area (Å²) in [6, 6.07) is 0. The Kier molecular flexibility index (Phi) is 1.11. The van der Waals surface area contributed by atoms with E-state index in [0.717, 1.165) is 0 Å². The fourth-order valence-electron chi connectivity index (χ4n) is 0.970. The number of hydrogen-bond acceptors (Lipinski definition) is 4. The van der Waals surface area contributed by atoms with Gasteiger partial charge in [0.25, 0.3) is 0 Å². The Labute approximate surface area is 65.4 Å². The Morgan fingerprint density at radius 3 is 1.55 bits per heavy atom. The summed E-state index contributed by atoms with van der Waals surface area (Å²) in [5.74, 6) is 0. The van der Waals surface area contributed by atoms with Gasteiger partial charge >= 0.3 is 0 Å². The third-order valence-electron chi connectivity index (χ3n) is 2.24. The van der Waals surface area contributed by atoms with Crippen molar-refractivity contribution in [1.82, 2.24) is 0 Å². The van der Waals surface area contributed by atoms with Crippen molar-refractivity contribution in [2.24, 2.45) is 0 Å². The van der Waals surface area contributed by atoms with Crippen LogP contribution in [0.3, 0.4) is 0 Å². The molecule has 2 heterocycles. The van der Waals surface area contributed by atoms with Crippen LogP contribution in [-0.2, 0) is 19.3 Å². The molecule has 0 aromatic rings. The molecule has 0 bridgehead atoms. The zero-order chi connectivity index (χ0) is 8.33. The Morgan fingerprint density at radius 2 is 1.36 bits per heavy atom. The molecule has 0 aromatic heterocycles. The van der Waals surface area contributed by atoms with Crippen LogP contribution in [0.2, 0.25) is 0 Å². The number of rotatable bonds is 2. The van der Waals surface area contributed by atoms with Gasteiger partial charge in [-0.25, -0.2) is 8.42 Å². The maximum Gasteiger partial charge on any atom is 0.213 e. The smallest absolute Gasteiger partial charge is 0.213 e. The minimum atomic E-state index is -3.24. The van der Waals surface area contributed by atoms with E-state index < -0.39 is 19.7 Å². The Hall–Kier alpha value is -0.130. The predicted molar refractivity (Wildman–Crippen MR) is 37.6 cm³/mol. The largest absolute Gasteiger partial charge is 0.353 e. The second kappa shape index (κ2) is 1.62. The number of epoxide rings is 2. The normalized spacial score (nSPS) is 48.9. The van der Waals surface area contributed by atoms with Gasteiger partial charge in [0, 0.05) is 0 Å². The minimum absolute atomic E-state index is 0.300. The zero-order valence-electron chi connectivity index (χ0n) is 6.46. The third-order valence-corrected chi connectivity index (χ3v) is 4.98. The van der Waals surface area contributed by atoms with Gasteiger partial charge < -0.3 is 9.47 Å². The van der Waals surface area contributed by atoms with Crippen LogP contribution in [0, 0.1) is 0 Å². The first-order valence-corrected chi connectivity index (χ1v) is 4.92. The molecule has 0 saturated carbocycles. The van der Waals surface area contributed by atoms with Crippen LogP contribution in [0.5, 0.6) is 0 Å². The van der Waals surface area contributed by atoms with Gasteiger partial charge in [-0.15, -0.1) is 0 Å². The fourth-order valence-corrected chi connectivity index (χ4v) is 2.62. The molecule has 2 aliphatic rings. The van der Waals surface area contributed by atoms with Crippen LogP contribution in [0.1, 0.15) is 13.8 Å². The van der Waals surface area contributed by atoms with E-state index in [4.69, 9.17) is 9.47 Å². The molecule has 0 spiro atoms. The highest BCUT2D eigenvalue weighted by Gasteiger charge is 2.66. The Bertz CT molecular complexity index is 260. The highest BCUT2D eigenvalue weighted by Crippen LogP contribution is 2.45. The van der Waals surface area contributed by atoms with Crippen LogP contribution >= 0.6 is 0 Å². The summed E-state index contributed by atoms with van der Waals surface area (Å²) >= 11 is 0. The summed E-state index contributed by atoms with van der Waals surface area (Å²) in [6.07, 6.45) is 0. The lowest BCUT2D eigenvalue weighted by Gasteiger charge is -2.10. The van der Waals surface area contributed by atoms with E-state index in [0.29, 0.717) is 13.2 Å². The third kappa shape index (κ3) is 0.787. The van der Waals surface area contributed by atoms with E-state index in [1.54, 1.807) is 13.8 Å². The molecule has 0 aromatic carbocycles. The van der Waals surface area contributed by atoms with Crippen LogP contribution < -0.4 is 0 Å². The molecule has 2 atom stereocenters. The maximum atomic E-state index is 11.5. The summed E-state index contributed by atoms with van der Waals surface area (Å²) in [4.78, 5) is -1.92. The first-order chi connectivity index (χ1) is 4.91. The SMILES string of the molecule is CC1(S(=O)(=O)C2(C)CO2)CO1. The van der Waals surface area contributed by atoms with Crippen molar-refractivity contribution in [2.45, 2.75) is 23.7 Å². The van der Waals surface area contributed by atoms with Gasteiger partial charge in [0.1, 0.15) is 0 Å². The van der Waals surface area contributed by atoms with Gasteiger partial charge in [0.15, 0.2) is 9.87 Å². The Balaban J connectivity index is 2.36. The van der Waals surface area contributed by atoms with E-state index >= 15 is 0 Å². The van der Waals surface area contributed by atoms with Gasteiger partial charge in [-0.2, -0.15) is 0 Å². The lowest BCUT2D eigenvalue weighted by Crippen LogP contribution is -2.33. The minimum Gasteiger partial charge on any atom is -0.353 e. The van der Waals surface area contributed by atoms with Gasteiger partial charge in [-0.3, -0.25) is 0 Å². The molecule has 11 heavy (non-hydrogen) atoms. The van der Waals surface area contributed by atoms with Crippen molar-refractivity contribution in [2.75, 3.05) is 13.2 Å². The second-order valence-corrected chi connectivity index (χ2v) is 6.08. The number of ether oxygens (including phenoxy) is 2. The first-order valence-electron chi connectivity index (χ1n) is 3.43. The lowest BCUT2D eigenvalue weighted by atomic mass is 10.5. The summed E-state index contributed by atoms with van der Waals surface area (Å²) in [6.45, 7) is 3.76. The van der Waals surface area contributed by atoms with Gasteiger partial charge in [-0.05, 0) is 13.8 Å². The van der Waals surface area contributed by atoms with Crippen LogP contribution in [-0.4, -0.2) is 31.5 Å². The van der Waals surface area contributed by atoms with E-state index in [9.17, 15) is 8.42 Å². The average Bonchev–Trinajstić information content (AvgIpc) is 2.72. The van der Waals surface area contributed by atoms with Crippen LogP contribution in [0.4, 0.5) is 0 Å². The average molecular weight is 178 g/mol. The van der Waals surface area contributed by atoms with Crippen molar-refractivity contribution in [1.29, 1.82) is 0 Å². The van der Waals surface area contributed by atoms with Gasteiger partial charge in [-0.1, -0.05) is 0 Å². The highest BCUT2D eigenvalue weighted by molar-refractivity contribution is 7.94. The fraction of sp³-hybridized carbons (Fsp3) is 1.00. The van der Waals surface area contributed by atoms with Gasteiger partial charge in [0.2, 0.25) is 9.84 Å². The highest BCUT2D eigenvalue weighted by atomic mass is 32.2. The lowest BCUT2D eigenvalue weighted by molar-refractivity contribution is 0.351. The molecule has 2 fully saturated rings. The monoisotopic (exact) mass is 178 g/mol. The molecule has 2 rings (SSSR count). The van der Waals surface area contributed by atoms with E-state index in [1.807, 2.05) is 0 Å².